The number of aryl methyl sites for hydroxylation is 1. The number of nitrogens with zero attached hydrogens (tertiary/aromatic N) is 2. The molecular formula is C27H25N3O2S. The number of thiophene rings is 1. The van der Waals surface area contributed by atoms with E-state index in [4.69, 9.17) is 14.5 Å². The highest BCUT2D eigenvalue weighted by molar-refractivity contribution is 7.17. The quantitative estimate of drug-likeness (QED) is 0.298. The van der Waals surface area contributed by atoms with Crippen molar-refractivity contribution in [2.45, 2.75) is 19.9 Å². The largest absolute Gasteiger partial charge is 0.493 e. The zero-order valence-electron chi connectivity index (χ0n) is 19.0. The third-order valence-corrected chi connectivity index (χ3v) is 6.81. The Balaban J connectivity index is 1.51. The highest BCUT2D eigenvalue weighted by Gasteiger charge is 2.15. The van der Waals surface area contributed by atoms with E-state index in [2.05, 4.69) is 71.1 Å². The summed E-state index contributed by atoms with van der Waals surface area (Å²) < 4.78 is 12.3. The van der Waals surface area contributed by atoms with Gasteiger partial charge in [0.25, 0.3) is 0 Å². The lowest BCUT2D eigenvalue weighted by molar-refractivity contribution is 0.356. The van der Waals surface area contributed by atoms with Crippen LogP contribution in [0, 0.1) is 6.92 Å². The third kappa shape index (κ3) is 3.98. The zero-order valence-corrected chi connectivity index (χ0v) is 19.9. The molecule has 0 aliphatic rings. The zero-order chi connectivity index (χ0) is 22.9. The number of methoxy groups -OCH3 is 2. The fourth-order valence-electron chi connectivity index (χ4n) is 4.15. The van der Waals surface area contributed by atoms with Gasteiger partial charge < -0.3 is 14.8 Å². The van der Waals surface area contributed by atoms with Crippen molar-refractivity contribution in [3.8, 4) is 22.6 Å². The van der Waals surface area contributed by atoms with Gasteiger partial charge in [0.05, 0.1) is 19.7 Å². The van der Waals surface area contributed by atoms with Gasteiger partial charge in [-0.3, -0.25) is 0 Å². The second-order valence-corrected chi connectivity index (χ2v) is 8.89. The Bertz CT molecular complexity index is 1460. The maximum absolute atomic E-state index is 5.50. The van der Waals surface area contributed by atoms with Crippen LogP contribution in [-0.4, -0.2) is 24.2 Å². The van der Waals surface area contributed by atoms with E-state index in [0.717, 1.165) is 16.7 Å². The smallest absolute Gasteiger partial charge is 0.162 e. The third-order valence-electron chi connectivity index (χ3n) is 5.84. The van der Waals surface area contributed by atoms with Crippen LogP contribution in [0.2, 0.25) is 0 Å². The summed E-state index contributed by atoms with van der Waals surface area (Å²) in [4.78, 5) is 9.29. The first-order valence-corrected chi connectivity index (χ1v) is 11.7. The van der Waals surface area contributed by atoms with E-state index >= 15 is 0 Å². The van der Waals surface area contributed by atoms with Gasteiger partial charge in [-0.05, 0) is 48.6 Å². The molecule has 0 radical (unpaired) electrons. The molecule has 3 aromatic carbocycles. The Kier molecular flexibility index (Phi) is 5.60. The van der Waals surface area contributed by atoms with Crippen molar-refractivity contribution in [1.29, 1.82) is 0 Å². The number of benzene rings is 3. The summed E-state index contributed by atoms with van der Waals surface area (Å²) in [6.07, 6.45) is 0. The lowest BCUT2D eigenvalue weighted by atomic mass is 9.99. The molecule has 5 nitrogen and oxygen atoms in total. The first kappa shape index (κ1) is 21.2. The monoisotopic (exact) mass is 455 g/mol. The summed E-state index contributed by atoms with van der Waals surface area (Å²) in [5.41, 5.74) is 4.49. The fraction of sp³-hybridized carbons (Fsp3) is 0.185. The van der Waals surface area contributed by atoms with E-state index in [1.54, 1.807) is 25.6 Å². The minimum atomic E-state index is 0.0421. The lowest BCUT2D eigenvalue weighted by Gasteiger charge is -2.18. The van der Waals surface area contributed by atoms with Gasteiger partial charge in [0.15, 0.2) is 11.5 Å². The summed E-state index contributed by atoms with van der Waals surface area (Å²) in [5.74, 6) is 2.78. The molecular weight excluding hydrogens is 430 g/mol. The Morgan fingerprint density at radius 3 is 2.48 bits per heavy atom. The second-order valence-electron chi connectivity index (χ2n) is 7.98. The van der Waals surface area contributed by atoms with Gasteiger partial charge >= 0.3 is 0 Å². The molecule has 2 heterocycles. The normalized spacial score (nSPS) is 12.1. The van der Waals surface area contributed by atoms with Crippen molar-refractivity contribution < 1.29 is 9.47 Å². The number of ether oxygens (including phenoxy) is 2. The van der Waals surface area contributed by atoms with E-state index in [-0.39, 0.29) is 6.04 Å². The van der Waals surface area contributed by atoms with Crippen LogP contribution >= 0.6 is 11.3 Å². The minimum Gasteiger partial charge on any atom is -0.493 e. The molecule has 33 heavy (non-hydrogen) atoms. The highest BCUT2D eigenvalue weighted by Crippen LogP contribution is 2.37. The van der Waals surface area contributed by atoms with Crippen molar-refractivity contribution in [3.63, 3.8) is 0 Å². The molecule has 0 spiro atoms. The number of rotatable bonds is 6. The van der Waals surface area contributed by atoms with Gasteiger partial charge in [-0.1, -0.05) is 36.4 Å². The number of nitrogens with one attached hydrogen (secondary N) is 1. The molecule has 0 amide bonds. The average Bonchev–Trinajstić information content (AvgIpc) is 3.27. The van der Waals surface area contributed by atoms with Crippen molar-refractivity contribution in [3.05, 3.63) is 77.4 Å². The molecule has 1 atom stereocenters. The summed E-state index contributed by atoms with van der Waals surface area (Å²) in [6, 6.07) is 21.1. The van der Waals surface area contributed by atoms with E-state index in [1.165, 1.54) is 26.8 Å². The predicted octanol–water partition coefficient (Wildman–Crippen LogP) is 7.01. The fourth-order valence-corrected chi connectivity index (χ4v) is 5.12. The molecule has 5 aromatic rings. The number of fused-ring (bicyclic) bond motifs is 2. The second kappa shape index (κ2) is 8.71. The van der Waals surface area contributed by atoms with Crippen LogP contribution in [-0.2, 0) is 0 Å². The predicted molar refractivity (Wildman–Crippen MR) is 137 cm³/mol. The Hall–Kier alpha value is -3.64. The van der Waals surface area contributed by atoms with Crippen LogP contribution in [0.25, 0.3) is 32.1 Å². The maximum Gasteiger partial charge on any atom is 0.162 e. The van der Waals surface area contributed by atoms with Crippen molar-refractivity contribution >= 4 is 38.1 Å². The molecule has 0 aliphatic heterocycles. The van der Waals surface area contributed by atoms with Gasteiger partial charge in [-0.2, -0.15) is 0 Å². The topological polar surface area (TPSA) is 56.3 Å². The molecule has 0 saturated carbocycles. The Labute approximate surface area is 197 Å². The van der Waals surface area contributed by atoms with E-state index < -0.39 is 0 Å². The SMILES string of the molecule is COc1cc2nc(C)nc(NC(C)c3cccc(-c4csc5ccccc45)c3)c2cc1OC. The van der Waals surface area contributed by atoms with Crippen molar-refractivity contribution in [1.82, 2.24) is 9.97 Å². The molecule has 0 bridgehead atoms. The van der Waals surface area contributed by atoms with Crippen LogP contribution in [0.1, 0.15) is 24.4 Å². The summed E-state index contributed by atoms with van der Waals surface area (Å²) >= 11 is 1.78. The molecule has 5 rings (SSSR count). The van der Waals surface area contributed by atoms with Gasteiger partial charge in [0.1, 0.15) is 11.6 Å². The van der Waals surface area contributed by atoms with Crippen molar-refractivity contribution in [2.24, 2.45) is 0 Å². The van der Waals surface area contributed by atoms with Gasteiger partial charge in [-0.25, -0.2) is 9.97 Å². The molecule has 0 aliphatic carbocycles. The van der Waals surface area contributed by atoms with Gasteiger partial charge in [0, 0.05) is 33.1 Å². The Morgan fingerprint density at radius 2 is 1.67 bits per heavy atom. The number of aromatic nitrogens is 2. The van der Waals surface area contributed by atoms with E-state index in [1.807, 2.05) is 19.1 Å². The van der Waals surface area contributed by atoms with E-state index in [9.17, 15) is 0 Å². The summed E-state index contributed by atoms with van der Waals surface area (Å²) in [6.45, 7) is 4.04. The number of hydrogen-bond acceptors (Lipinski definition) is 6. The molecule has 0 saturated heterocycles. The van der Waals surface area contributed by atoms with Gasteiger partial charge in [0.2, 0.25) is 0 Å². The number of hydrogen-bond donors (Lipinski definition) is 1. The molecule has 1 N–H and O–H groups in total. The highest BCUT2D eigenvalue weighted by atomic mass is 32.1. The number of anilines is 1. The van der Waals surface area contributed by atoms with Gasteiger partial charge in [-0.15, -0.1) is 11.3 Å². The first-order chi connectivity index (χ1) is 16.1. The standard InChI is InChI=1S/C27H25N3O2S/c1-16(18-8-7-9-19(12-18)22-15-33-26-11-6-5-10-20(22)26)28-27-21-13-24(31-3)25(32-4)14-23(21)29-17(2)30-27/h5-16H,1-4H3,(H,28,29,30). The summed E-state index contributed by atoms with van der Waals surface area (Å²) in [5, 5.41) is 8.02. The molecule has 2 aromatic heterocycles. The molecule has 6 heteroatoms. The van der Waals surface area contributed by atoms with E-state index in [0.29, 0.717) is 17.3 Å². The van der Waals surface area contributed by atoms with Crippen LogP contribution in [0.5, 0.6) is 11.5 Å². The maximum atomic E-state index is 5.50. The molecule has 1 unspecified atom stereocenters. The lowest BCUT2D eigenvalue weighted by Crippen LogP contribution is -2.10. The van der Waals surface area contributed by atoms with Crippen molar-refractivity contribution in [2.75, 3.05) is 19.5 Å². The Morgan fingerprint density at radius 1 is 0.879 bits per heavy atom. The minimum absolute atomic E-state index is 0.0421. The first-order valence-electron chi connectivity index (χ1n) is 10.8. The van der Waals surface area contributed by atoms with Crippen LogP contribution in [0.3, 0.4) is 0 Å². The molecule has 166 valence electrons. The average molecular weight is 456 g/mol. The van der Waals surface area contributed by atoms with Crippen LogP contribution < -0.4 is 14.8 Å². The van der Waals surface area contributed by atoms with Crippen LogP contribution in [0.4, 0.5) is 5.82 Å². The van der Waals surface area contributed by atoms with Crippen LogP contribution in [0.15, 0.2) is 66.0 Å². The summed E-state index contributed by atoms with van der Waals surface area (Å²) in [7, 11) is 3.26. The molecule has 0 fully saturated rings.